The number of anilines is 1. The van der Waals surface area contributed by atoms with E-state index in [2.05, 4.69) is 23.6 Å². The number of aryl methyl sites for hydroxylation is 1. The molecule has 0 unspecified atom stereocenters. The van der Waals surface area contributed by atoms with E-state index in [9.17, 15) is 23.5 Å². The summed E-state index contributed by atoms with van der Waals surface area (Å²) in [7, 11) is 1.52. The highest BCUT2D eigenvalue weighted by molar-refractivity contribution is 6.09. The van der Waals surface area contributed by atoms with Crippen molar-refractivity contribution in [1.29, 1.82) is 0 Å². The van der Waals surface area contributed by atoms with Gasteiger partial charge in [0.15, 0.2) is 5.76 Å². The zero-order chi connectivity index (χ0) is 29.4. The Balaban J connectivity index is 1.53. The van der Waals surface area contributed by atoms with Crippen molar-refractivity contribution in [2.45, 2.75) is 38.5 Å². The van der Waals surface area contributed by atoms with Gasteiger partial charge in [-0.25, -0.2) is 8.78 Å². The fourth-order valence-corrected chi connectivity index (χ4v) is 4.61. The molecule has 7 nitrogen and oxygen atoms in total. The lowest BCUT2D eigenvalue weighted by atomic mass is 9.99. The molecule has 0 saturated carbocycles. The summed E-state index contributed by atoms with van der Waals surface area (Å²) in [5.74, 6) is -2.40. The number of carbonyl (C=O) groups excluding carboxylic acids is 2. The highest BCUT2D eigenvalue weighted by Crippen LogP contribution is 2.22. The maximum atomic E-state index is 13.9. The number of aliphatic hydroxyl groups is 1. The average molecular weight is 562 g/mol. The molecule has 9 heteroatoms. The van der Waals surface area contributed by atoms with Crippen molar-refractivity contribution in [2.24, 2.45) is 0 Å². The third-order valence-corrected chi connectivity index (χ3v) is 6.79. The third kappa shape index (κ3) is 7.87. The first-order valence-corrected chi connectivity index (χ1v) is 13.4. The maximum absolute atomic E-state index is 13.9. The number of carbonyl (C=O) groups is 2. The molecular weight excluding hydrogens is 528 g/mol. The Morgan fingerprint density at radius 3 is 2.37 bits per heavy atom. The molecule has 4 rings (SSSR count). The van der Waals surface area contributed by atoms with Gasteiger partial charge in [0.1, 0.15) is 11.6 Å². The molecule has 3 N–H and O–H groups in total. The lowest BCUT2D eigenvalue weighted by Crippen LogP contribution is -2.49. The Hall–Kier alpha value is -4.34. The second kappa shape index (κ2) is 13.8. The molecular formula is C32H33F2N3O4. The zero-order valence-corrected chi connectivity index (χ0v) is 22.9. The highest BCUT2D eigenvalue weighted by atomic mass is 19.1. The smallest absolute Gasteiger partial charge is 0.293 e. The van der Waals surface area contributed by atoms with Crippen molar-refractivity contribution in [3.63, 3.8) is 0 Å². The number of benzene rings is 3. The first-order valence-electron chi connectivity index (χ1n) is 13.4. The minimum absolute atomic E-state index is 0.0298. The second-order valence-corrected chi connectivity index (χ2v) is 9.79. The lowest BCUT2D eigenvalue weighted by Gasteiger charge is -2.26. The first-order chi connectivity index (χ1) is 19.7. The summed E-state index contributed by atoms with van der Waals surface area (Å²) in [6.45, 7) is 2.67. The van der Waals surface area contributed by atoms with Crippen LogP contribution in [0.3, 0.4) is 0 Å². The third-order valence-electron chi connectivity index (χ3n) is 6.79. The van der Waals surface area contributed by atoms with E-state index in [0.717, 1.165) is 18.1 Å². The van der Waals surface area contributed by atoms with Gasteiger partial charge in [-0.3, -0.25) is 9.59 Å². The Bertz CT molecular complexity index is 1460. The van der Waals surface area contributed by atoms with Crippen LogP contribution in [-0.2, 0) is 19.4 Å². The summed E-state index contributed by atoms with van der Waals surface area (Å²) >= 11 is 0. The monoisotopic (exact) mass is 561 g/mol. The Morgan fingerprint density at radius 1 is 0.927 bits per heavy atom. The summed E-state index contributed by atoms with van der Waals surface area (Å²) in [6, 6.07) is 19.9. The number of rotatable bonds is 12. The normalized spacial score (nSPS) is 12.5. The standard InChI is InChI=1S/C32H33F2N3O4/c1-3-21-8-6-9-22(14-21)19-35-20-29(38)27(17-23-15-24(33)18-25(34)16-23)36-31(39)26-10-4-5-11-28(26)37(2)32(40)30-12-7-13-41-30/h4-16,18,27,29,35,38H,3,17,19-20H2,1-2H3,(H,36,39)/t27-,29+/m0/s1. The van der Waals surface area contributed by atoms with E-state index in [1.54, 1.807) is 30.3 Å². The molecule has 0 aliphatic heterocycles. The second-order valence-electron chi connectivity index (χ2n) is 9.79. The fourth-order valence-electron chi connectivity index (χ4n) is 4.61. The minimum atomic E-state index is -1.10. The molecule has 214 valence electrons. The van der Waals surface area contributed by atoms with E-state index in [1.165, 1.54) is 42.0 Å². The Morgan fingerprint density at radius 2 is 1.66 bits per heavy atom. The van der Waals surface area contributed by atoms with E-state index >= 15 is 0 Å². The zero-order valence-electron chi connectivity index (χ0n) is 22.9. The SMILES string of the molecule is CCc1cccc(CNC[C@@H](O)[C@H](Cc2cc(F)cc(F)c2)NC(=O)c2ccccc2N(C)C(=O)c2ccco2)c1. The van der Waals surface area contributed by atoms with Crippen molar-refractivity contribution in [1.82, 2.24) is 10.6 Å². The number of halogens is 2. The lowest BCUT2D eigenvalue weighted by molar-refractivity contribution is 0.0830. The average Bonchev–Trinajstić information content (AvgIpc) is 3.51. The van der Waals surface area contributed by atoms with Gasteiger partial charge in [0.2, 0.25) is 0 Å². The highest BCUT2D eigenvalue weighted by Gasteiger charge is 2.26. The molecule has 1 aromatic heterocycles. The van der Waals surface area contributed by atoms with Gasteiger partial charge in [-0.05, 0) is 65.9 Å². The number of nitrogens with one attached hydrogen (secondary N) is 2. The Labute approximate surface area is 237 Å². The molecule has 0 aliphatic rings. The van der Waals surface area contributed by atoms with E-state index in [4.69, 9.17) is 4.42 Å². The van der Waals surface area contributed by atoms with Gasteiger partial charge >= 0.3 is 0 Å². The minimum Gasteiger partial charge on any atom is -0.459 e. The summed E-state index contributed by atoms with van der Waals surface area (Å²) in [5.41, 5.74) is 3.02. The van der Waals surface area contributed by atoms with Crippen LogP contribution in [0.25, 0.3) is 0 Å². The van der Waals surface area contributed by atoms with Crippen LogP contribution in [0.5, 0.6) is 0 Å². The number of hydrogen-bond donors (Lipinski definition) is 3. The van der Waals surface area contributed by atoms with Crippen LogP contribution in [0.4, 0.5) is 14.5 Å². The van der Waals surface area contributed by atoms with Crippen LogP contribution >= 0.6 is 0 Å². The van der Waals surface area contributed by atoms with Crippen LogP contribution in [0, 0.1) is 11.6 Å². The molecule has 0 spiro atoms. The molecule has 4 aromatic rings. The molecule has 0 bridgehead atoms. The van der Waals surface area contributed by atoms with E-state index < -0.39 is 35.6 Å². The van der Waals surface area contributed by atoms with Crippen molar-refractivity contribution >= 4 is 17.5 Å². The molecule has 2 amide bonds. The number of nitrogens with zero attached hydrogens (tertiary/aromatic N) is 1. The summed E-state index contributed by atoms with van der Waals surface area (Å²) in [4.78, 5) is 27.7. The van der Waals surface area contributed by atoms with Gasteiger partial charge in [0, 0.05) is 26.2 Å². The number of amides is 2. The van der Waals surface area contributed by atoms with Crippen LogP contribution < -0.4 is 15.5 Å². The van der Waals surface area contributed by atoms with Crippen molar-refractivity contribution < 1.29 is 27.9 Å². The van der Waals surface area contributed by atoms with Gasteiger partial charge in [0.25, 0.3) is 11.8 Å². The molecule has 41 heavy (non-hydrogen) atoms. The maximum Gasteiger partial charge on any atom is 0.293 e. The summed E-state index contributed by atoms with van der Waals surface area (Å²) in [5, 5.41) is 17.2. The fraction of sp³-hybridized carbons (Fsp3) is 0.250. The molecule has 0 fully saturated rings. The number of hydrogen-bond acceptors (Lipinski definition) is 5. The van der Waals surface area contributed by atoms with Gasteiger partial charge in [-0.1, -0.05) is 43.3 Å². The summed E-state index contributed by atoms with van der Waals surface area (Å²) in [6.07, 6.45) is 1.15. The molecule has 0 radical (unpaired) electrons. The Kier molecular flexibility index (Phi) is 10.00. The molecule has 3 aromatic carbocycles. The van der Waals surface area contributed by atoms with Gasteiger partial charge in [-0.15, -0.1) is 0 Å². The molecule has 1 heterocycles. The quantitative estimate of drug-likeness (QED) is 0.229. The van der Waals surface area contributed by atoms with Crippen LogP contribution in [0.15, 0.2) is 89.5 Å². The van der Waals surface area contributed by atoms with E-state index in [0.29, 0.717) is 12.2 Å². The van der Waals surface area contributed by atoms with Gasteiger partial charge in [0.05, 0.1) is 29.7 Å². The molecule has 2 atom stereocenters. The van der Waals surface area contributed by atoms with Gasteiger partial charge in [-0.2, -0.15) is 0 Å². The van der Waals surface area contributed by atoms with Crippen LogP contribution in [-0.4, -0.2) is 42.7 Å². The van der Waals surface area contributed by atoms with Crippen LogP contribution in [0.1, 0.15) is 44.5 Å². The predicted octanol–water partition coefficient (Wildman–Crippen LogP) is 4.89. The first kappa shape index (κ1) is 29.6. The van der Waals surface area contributed by atoms with Crippen molar-refractivity contribution in [2.75, 3.05) is 18.5 Å². The largest absolute Gasteiger partial charge is 0.459 e. The van der Waals surface area contributed by atoms with Crippen LogP contribution in [0.2, 0.25) is 0 Å². The van der Waals surface area contributed by atoms with E-state index in [-0.39, 0.29) is 29.9 Å². The topological polar surface area (TPSA) is 94.8 Å². The number of furan rings is 1. The van der Waals surface area contributed by atoms with Gasteiger partial charge < -0.3 is 25.1 Å². The predicted molar refractivity (Wildman–Crippen MR) is 153 cm³/mol. The number of aliphatic hydroxyl groups excluding tert-OH is 1. The van der Waals surface area contributed by atoms with E-state index in [1.807, 2.05) is 18.2 Å². The summed E-state index contributed by atoms with van der Waals surface area (Å²) < 4.78 is 33.1. The number of para-hydroxylation sites is 1. The van der Waals surface area contributed by atoms with Crippen molar-refractivity contribution in [3.05, 3.63) is 125 Å². The molecule has 0 saturated heterocycles. The molecule has 0 aliphatic carbocycles. The van der Waals surface area contributed by atoms with Crippen molar-refractivity contribution in [3.8, 4) is 0 Å².